The number of carbonyl (C=O) groups excluding carboxylic acids is 3. The van der Waals surface area contributed by atoms with E-state index in [1.54, 1.807) is 51.1 Å². The molecule has 1 aromatic rings. The number of benzene rings is 1. The first-order chi connectivity index (χ1) is 15.5. The molecule has 0 fully saturated rings. The Morgan fingerprint density at radius 2 is 1.45 bits per heavy atom. The number of aliphatic hydroxyl groups excluding tert-OH is 1. The van der Waals surface area contributed by atoms with Crippen LogP contribution in [0.4, 0.5) is 0 Å². The summed E-state index contributed by atoms with van der Waals surface area (Å²) in [6, 6.07) is 4.43. The molecule has 0 aromatic heterocycles. The van der Waals surface area contributed by atoms with Crippen molar-refractivity contribution in [2.24, 2.45) is 17.6 Å². The van der Waals surface area contributed by atoms with Gasteiger partial charge in [-0.15, -0.1) is 0 Å². The zero-order valence-corrected chi connectivity index (χ0v) is 19.6. The third-order valence-corrected chi connectivity index (χ3v) is 5.53. The zero-order valence-electron chi connectivity index (χ0n) is 19.6. The van der Waals surface area contributed by atoms with E-state index in [4.69, 9.17) is 5.73 Å². The van der Waals surface area contributed by atoms with Gasteiger partial charge in [0, 0.05) is 6.42 Å². The molecule has 184 valence electrons. The third kappa shape index (κ3) is 8.82. The molecule has 0 heterocycles. The summed E-state index contributed by atoms with van der Waals surface area (Å²) < 4.78 is 0. The van der Waals surface area contributed by atoms with Crippen LogP contribution in [0, 0.1) is 11.8 Å². The molecule has 0 bridgehead atoms. The molecule has 0 saturated heterocycles. The van der Waals surface area contributed by atoms with Crippen LogP contribution < -0.4 is 21.7 Å². The van der Waals surface area contributed by atoms with Crippen LogP contribution in [0.1, 0.15) is 39.7 Å². The Morgan fingerprint density at radius 1 is 0.909 bits per heavy atom. The number of aliphatic hydroxyl groups is 1. The van der Waals surface area contributed by atoms with Crippen LogP contribution in [-0.4, -0.2) is 64.7 Å². The molecule has 0 aliphatic heterocycles. The Balaban J connectivity index is 3.05. The molecular formula is C23H36N4O6. The molecule has 1 rings (SSSR count). The van der Waals surface area contributed by atoms with Gasteiger partial charge < -0.3 is 31.9 Å². The maximum Gasteiger partial charge on any atom is 0.326 e. The van der Waals surface area contributed by atoms with Crippen molar-refractivity contribution in [1.29, 1.82) is 0 Å². The molecular weight excluding hydrogens is 428 g/mol. The molecule has 7 N–H and O–H groups in total. The highest BCUT2D eigenvalue weighted by molar-refractivity contribution is 5.94. The lowest BCUT2D eigenvalue weighted by Crippen LogP contribution is -2.59. The number of amides is 3. The number of nitrogens with one attached hydrogen (secondary N) is 3. The number of hydrogen-bond acceptors (Lipinski definition) is 6. The second kappa shape index (κ2) is 13.5. The van der Waals surface area contributed by atoms with Gasteiger partial charge in [-0.2, -0.15) is 0 Å². The highest BCUT2D eigenvalue weighted by atomic mass is 16.4. The number of aliphatic carboxylic acids is 1. The van der Waals surface area contributed by atoms with Gasteiger partial charge in [0.25, 0.3) is 0 Å². The van der Waals surface area contributed by atoms with Crippen LogP contribution in [0.2, 0.25) is 0 Å². The Labute approximate surface area is 194 Å². The first kappa shape index (κ1) is 28.1. The molecule has 0 aliphatic carbocycles. The zero-order chi connectivity index (χ0) is 25.1. The van der Waals surface area contributed by atoms with E-state index in [2.05, 4.69) is 16.0 Å². The minimum absolute atomic E-state index is 0.0862. The standard InChI is InChI=1S/C23H36N4O6/c1-5-14(4)19(23(32)33)27-20(29)16(11-15-9-7-6-8-10-15)25-21(30)17(12-28)26-22(31)18(24)13(2)3/h6-10,13-14,16-19,28H,5,11-12,24H2,1-4H3,(H,25,30)(H,26,31)(H,27,29)(H,32,33). The number of rotatable bonds is 13. The maximum absolute atomic E-state index is 13.0. The summed E-state index contributed by atoms with van der Waals surface area (Å²) in [5.41, 5.74) is 6.53. The van der Waals surface area contributed by atoms with Crippen molar-refractivity contribution in [3.05, 3.63) is 35.9 Å². The highest BCUT2D eigenvalue weighted by Gasteiger charge is 2.32. The van der Waals surface area contributed by atoms with Crippen molar-refractivity contribution >= 4 is 23.7 Å². The average molecular weight is 465 g/mol. The fourth-order valence-electron chi connectivity index (χ4n) is 3.03. The quantitative estimate of drug-likeness (QED) is 0.234. The number of carboxylic acids is 1. The van der Waals surface area contributed by atoms with Gasteiger partial charge in [-0.05, 0) is 17.4 Å². The van der Waals surface area contributed by atoms with Crippen LogP contribution in [-0.2, 0) is 25.6 Å². The second-order valence-electron chi connectivity index (χ2n) is 8.47. The van der Waals surface area contributed by atoms with Gasteiger partial charge in [0.05, 0.1) is 12.6 Å². The van der Waals surface area contributed by atoms with Gasteiger partial charge in [0.2, 0.25) is 17.7 Å². The summed E-state index contributed by atoms with van der Waals surface area (Å²) in [6.45, 7) is 6.31. The van der Waals surface area contributed by atoms with E-state index in [-0.39, 0.29) is 18.3 Å². The minimum atomic E-state index is -1.32. The number of hydrogen-bond donors (Lipinski definition) is 6. The molecule has 0 spiro atoms. The third-order valence-electron chi connectivity index (χ3n) is 5.53. The lowest BCUT2D eigenvalue weighted by atomic mass is 9.98. The van der Waals surface area contributed by atoms with Crippen molar-refractivity contribution in [3.63, 3.8) is 0 Å². The average Bonchev–Trinajstić information content (AvgIpc) is 2.79. The number of nitrogens with two attached hydrogens (primary N) is 1. The molecule has 0 radical (unpaired) electrons. The van der Waals surface area contributed by atoms with Gasteiger partial charge in [-0.25, -0.2) is 4.79 Å². The van der Waals surface area contributed by atoms with Crippen molar-refractivity contribution in [2.75, 3.05) is 6.61 Å². The van der Waals surface area contributed by atoms with Crippen LogP contribution in [0.5, 0.6) is 0 Å². The Bertz CT molecular complexity index is 801. The van der Waals surface area contributed by atoms with Crippen molar-refractivity contribution in [1.82, 2.24) is 16.0 Å². The normalized spacial score (nSPS) is 15.6. The topological polar surface area (TPSA) is 171 Å². The van der Waals surface area contributed by atoms with Gasteiger partial charge in [0.1, 0.15) is 18.1 Å². The highest BCUT2D eigenvalue weighted by Crippen LogP contribution is 2.10. The molecule has 5 atom stereocenters. The lowest BCUT2D eigenvalue weighted by Gasteiger charge is -2.26. The molecule has 5 unspecified atom stereocenters. The summed E-state index contributed by atoms with van der Waals surface area (Å²) >= 11 is 0. The Morgan fingerprint density at radius 3 is 1.94 bits per heavy atom. The number of carboxylic acid groups (broad SMARTS) is 1. The summed E-state index contributed by atoms with van der Waals surface area (Å²) in [4.78, 5) is 49.6. The maximum atomic E-state index is 13.0. The molecule has 0 aliphatic rings. The van der Waals surface area contributed by atoms with Gasteiger partial charge >= 0.3 is 5.97 Å². The monoisotopic (exact) mass is 464 g/mol. The first-order valence-corrected chi connectivity index (χ1v) is 11.1. The van der Waals surface area contributed by atoms with Crippen LogP contribution in [0.15, 0.2) is 30.3 Å². The van der Waals surface area contributed by atoms with Gasteiger partial charge in [-0.3, -0.25) is 14.4 Å². The largest absolute Gasteiger partial charge is 0.480 e. The predicted molar refractivity (Wildman–Crippen MR) is 123 cm³/mol. The van der Waals surface area contributed by atoms with E-state index >= 15 is 0 Å². The van der Waals surface area contributed by atoms with E-state index in [0.29, 0.717) is 6.42 Å². The first-order valence-electron chi connectivity index (χ1n) is 11.1. The second-order valence-corrected chi connectivity index (χ2v) is 8.47. The van der Waals surface area contributed by atoms with E-state index in [1.165, 1.54) is 0 Å². The minimum Gasteiger partial charge on any atom is -0.480 e. The van der Waals surface area contributed by atoms with Crippen LogP contribution in [0.3, 0.4) is 0 Å². The van der Waals surface area contributed by atoms with E-state index in [1.807, 2.05) is 6.92 Å². The Kier molecular flexibility index (Phi) is 11.5. The summed E-state index contributed by atoms with van der Waals surface area (Å²) in [5, 5.41) is 26.6. The fraction of sp³-hybridized carbons (Fsp3) is 0.565. The van der Waals surface area contributed by atoms with Crippen molar-refractivity contribution < 1.29 is 29.4 Å². The molecule has 3 amide bonds. The molecule has 0 saturated carbocycles. The smallest absolute Gasteiger partial charge is 0.326 e. The molecule has 1 aromatic carbocycles. The van der Waals surface area contributed by atoms with E-state index < -0.39 is 54.5 Å². The summed E-state index contributed by atoms with van der Waals surface area (Å²) in [6.07, 6.45) is 0.616. The lowest BCUT2D eigenvalue weighted by molar-refractivity contribution is -0.143. The van der Waals surface area contributed by atoms with Gasteiger partial charge in [0.15, 0.2) is 0 Å². The number of carbonyl (C=O) groups is 4. The fourth-order valence-corrected chi connectivity index (χ4v) is 3.03. The van der Waals surface area contributed by atoms with Crippen molar-refractivity contribution in [2.45, 2.75) is 64.7 Å². The van der Waals surface area contributed by atoms with E-state index in [0.717, 1.165) is 5.56 Å². The molecule has 33 heavy (non-hydrogen) atoms. The van der Waals surface area contributed by atoms with Crippen LogP contribution in [0.25, 0.3) is 0 Å². The molecule has 10 heteroatoms. The van der Waals surface area contributed by atoms with Crippen LogP contribution >= 0.6 is 0 Å². The SMILES string of the molecule is CCC(C)C(NC(=O)C(Cc1ccccc1)NC(=O)C(CO)NC(=O)C(N)C(C)C)C(=O)O. The summed E-state index contributed by atoms with van der Waals surface area (Å²) in [7, 11) is 0. The van der Waals surface area contributed by atoms with Gasteiger partial charge in [-0.1, -0.05) is 64.4 Å². The van der Waals surface area contributed by atoms with Crippen molar-refractivity contribution in [3.8, 4) is 0 Å². The Hall–Kier alpha value is -2.98. The molecule has 10 nitrogen and oxygen atoms in total. The predicted octanol–water partition coefficient (Wildman–Crippen LogP) is -0.210. The summed E-state index contributed by atoms with van der Waals surface area (Å²) in [5.74, 6) is -3.76. The van der Waals surface area contributed by atoms with E-state index in [9.17, 15) is 29.4 Å².